The van der Waals surface area contributed by atoms with Gasteiger partial charge in [-0.25, -0.2) is 0 Å². The lowest BCUT2D eigenvalue weighted by Crippen LogP contribution is -2.41. The Kier molecular flexibility index (Phi) is 7.78. The highest BCUT2D eigenvalue weighted by Gasteiger charge is 2.53. The van der Waals surface area contributed by atoms with Crippen molar-refractivity contribution in [1.82, 2.24) is 4.57 Å². The molecular weight excluding hydrogens is 496 g/mol. The van der Waals surface area contributed by atoms with Crippen LogP contribution in [0.5, 0.6) is 0 Å². The molecule has 5 rings (SSSR count). The average Bonchev–Trinajstić information content (AvgIpc) is 3.40. The predicted octanol–water partition coefficient (Wildman–Crippen LogP) is 7.31. The smallest absolute Gasteiger partial charge is 0.399 e. The topological polar surface area (TPSA) is 41.9 Å². The number of benzene rings is 2. The third kappa shape index (κ3) is 5.06. The molecule has 3 heterocycles. The van der Waals surface area contributed by atoms with Crippen molar-refractivity contribution in [3.05, 3.63) is 36.4 Å². The maximum Gasteiger partial charge on any atom is 0.494 e. The van der Waals surface area contributed by atoms with Crippen LogP contribution in [0, 0.1) is 0 Å². The average molecular weight is 545 g/mol. The number of hydrogen-bond acceptors (Lipinski definition) is 4. The molecule has 2 aromatic carbocycles. The quantitative estimate of drug-likeness (QED) is 0.209. The van der Waals surface area contributed by atoms with Gasteiger partial charge >= 0.3 is 14.2 Å². The molecule has 2 aliphatic rings. The van der Waals surface area contributed by atoms with Gasteiger partial charge in [-0.15, -0.1) is 0 Å². The highest BCUT2D eigenvalue weighted by Crippen LogP contribution is 2.40. The molecule has 0 radical (unpaired) electrons. The molecule has 0 amide bonds. The Morgan fingerprint density at radius 1 is 0.625 bits per heavy atom. The first-order valence-electron chi connectivity index (χ1n) is 15.5. The second-order valence-corrected chi connectivity index (χ2v) is 14.0. The Morgan fingerprint density at radius 3 is 1.43 bits per heavy atom. The van der Waals surface area contributed by atoms with Gasteiger partial charge in [0.25, 0.3) is 0 Å². The zero-order chi connectivity index (χ0) is 29.1. The molecule has 0 N–H and O–H groups in total. The van der Waals surface area contributed by atoms with Crippen LogP contribution in [0.25, 0.3) is 21.8 Å². The van der Waals surface area contributed by atoms with Crippen molar-refractivity contribution >= 4 is 47.0 Å². The van der Waals surface area contributed by atoms with Crippen LogP contribution in [0.15, 0.2) is 36.4 Å². The fourth-order valence-electron chi connectivity index (χ4n) is 6.06. The lowest BCUT2D eigenvalue weighted by atomic mass is 9.77. The standard InChI is InChI=1S/C33H49B2NO4/c1-11-13-14-15-16-25(12-2)36-28-19-17-23(34-37-30(3,4)31(5,6)38-34)21-26(28)27-22-24(18-20-29(27)36)35-39-32(7,8)33(9,10)40-35/h17-22,25H,11-16H2,1-10H3. The lowest BCUT2D eigenvalue weighted by Gasteiger charge is -2.32. The third-order valence-electron chi connectivity index (χ3n) is 10.1. The van der Waals surface area contributed by atoms with Crippen LogP contribution < -0.4 is 10.9 Å². The van der Waals surface area contributed by atoms with Gasteiger partial charge in [-0.05, 0) is 91.3 Å². The van der Waals surface area contributed by atoms with Crippen molar-refractivity contribution in [1.29, 1.82) is 0 Å². The largest absolute Gasteiger partial charge is 0.494 e. The SMILES string of the molecule is CCCCCCC(CC)n1c2ccc(B3OC(C)(C)C(C)(C)O3)cc2c2cc(B3OC(C)(C)C(C)(C)O3)ccc21. The van der Waals surface area contributed by atoms with Gasteiger partial charge < -0.3 is 23.2 Å². The normalized spacial score (nSPS) is 22.1. The summed E-state index contributed by atoms with van der Waals surface area (Å²) in [6.07, 6.45) is 7.40. The predicted molar refractivity (Wildman–Crippen MR) is 169 cm³/mol. The number of nitrogens with zero attached hydrogens (tertiary/aromatic N) is 1. The molecule has 3 aromatic rings. The van der Waals surface area contributed by atoms with E-state index in [2.05, 4.69) is 110 Å². The van der Waals surface area contributed by atoms with E-state index >= 15 is 0 Å². The van der Waals surface area contributed by atoms with Gasteiger partial charge in [0.1, 0.15) is 0 Å². The molecule has 0 spiro atoms. The van der Waals surface area contributed by atoms with Crippen LogP contribution >= 0.6 is 0 Å². The number of aromatic nitrogens is 1. The van der Waals surface area contributed by atoms with Gasteiger partial charge in [-0.3, -0.25) is 0 Å². The minimum absolute atomic E-state index is 0.379. The van der Waals surface area contributed by atoms with Crippen LogP contribution in [0.3, 0.4) is 0 Å². The van der Waals surface area contributed by atoms with Gasteiger partial charge in [-0.2, -0.15) is 0 Å². The zero-order valence-electron chi connectivity index (χ0n) is 26.5. The van der Waals surface area contributed by atoms with Crippen molar-refractivity contribution in [3.8, 4) is 0 Å². The molecule has 2 aliphatic heterocycles. The Morgan fingerprint density at radius 2 is 1.05 bits per heavy atom. The summed E-state index contributed by atoms with van der Waals surface area (Å²) in [5, 5.41) is 2.46. The van der Waals surface area contributed by atoms with Crippen molar-refractivity contribution in [2.75, 3.05) is 0 Å². The van der Waals surface area contributed by atoms with Gasteiger partial charge in [0.05, 0.1) is 22.4 Å². The van der Waals surface area contributed by atoms with Gasteiger partial charge in [0.15, 0.2) is 0 Å². The van der Waals surface area contributed by atoms with Crippen LogP contribution in [0.4, 0.5) is 0 Å². The van der Waals surface area contributed by atoms with Crippen molar-refractivity contribution in [3.63, 3.8) is 0 Å². The van der Waals surface area contributed by atoms with Crippen LogP contribution in [0.2, 0.25) is 0 Å². The summed E-state index contributed by atoms with van der Waals surface area (Å²) < 4.78 is 28.4. The minimum atomic E-state index is -0.393. The summed E-state index contributed by atoms with van der Waals surface area (Å²) in [7, 11) is -0.787. The highest BCUT2D eigenvalue weighted by atomic mass is 16.7. The zero-order valence-corrected chi connectivity index (χ0v) is 26.5. The molecular formula is C33H49B2NO4. The second-order valence-electron chi connectivity index (χ2n) is 14.0. The molecule has 2 fully saturated rings. The van der Waals surface area contributed by atoms with E-state index in [4.69, 9.17) is 18.6 Å². The van der Waals surface area contributed by atoms with E-state index in [1.165, 1.54) is 53.9 Å². The molecule has 1 aromatic heterocycles. The monoisotopic (exact) mass is 545 g/mol. The molecule has 2 saturated heterocycles. The Bertz CT molecular complexity index is 1250. The Hall–Kier alpha value is -1.79. The summed E-state index contributed by atoms with van der Waals surface area (Å²) in [5.41, 5.74) is 3.14. The molecule has 40 heavy (non-hydrogen) atoms. The molecule has 0 aliphatic carbocycles. The van der Waals surface area contributed by atoms with E-state index in [-0.39, 0.29) is 22.4 Å². The van der Waals surface area contributed by atoms with Gasteiger partial charge in [-0.1, -0.05) is 63.8 Å². The first kappa shape index (κ1) is 29.7. The molecule has 216 valence electrons. The molecule has 1 unspecified atom stereocenters. The van der Waals surface area contributed by atoms with Crippen molar-refractivity contribution < 1.29 is 18.6 Å². The first-order chi connectivity index (χ1) is 18.7. The van der Waals surface area contributed by atoms with E-state index in [1.807, 2.05) is 0 Å². The molecule has 0 saturated carbocycles. The minimum Gasteiger partial charge on any atom is -0.399 e. The summed E-state index contributed by atoms with van der Waals surface area (Å²) in [4.78, 5) is 0. The molecule has 0 bridgehead atoms. The van der Waals surface area contributed by atoms with E-state index in [9.17, 15) is 0 Å². The maximum absolute atomic E-state index is 6.44. The Balaban J connectivity index is 1.61. The van der Waals surface area contributed by atoms with Crippen molar-refractivity contribution in [2.45, 2.75) is 136 Å². The lowest BCUT2D eigenvalue weighted by molar-refractivity contribution is 0.00578. The Labute approximate surface area is 242 Å². The number of hydrogen-bond donors (Lipinski definition) is 0. The highest BCUT2D eigenvalue weighted by molar-refractivity contribution is 6.63. The summed E-state index contributed by atoms with van der Waals surface area (Å²) in [5.74, 6) is 0. The van der Waals surface area contributed by atoms with Crippen LogP contribution in [0.1, 0.15) is 114 Å². The number of rotatable bonds is 9. The van der Waals surface area contributed by atoms with Crippen molar-refractivity contribution in [2.24, 2.45) is 0 Å². The third-order valence-corrected chi connectivity index (χ3v) is 10.1. The number of fused-ring (bicyclic) bond motifs is 3. The van der Waals surface area contributed by atoms with E-state index < -0.39 is 14.2 Å². The second kappa shape index (κ2) is 10.5. The summed E-state index contributed by atoms with van der Waals surface area (Å²) in [6, 6.07) is 14.0. The summed E-state index contributed by atoms with van der Waals surface area (Å²) >= 11 is 0. The van der Waals surface area contributed by atoms with E-state index in [1.54, 1.807) is 0 Å². The van der Waals surface area contributed by atoms with Gasteiger partial charge in [0, 0.05) is 27.8 Å². The van der Waals surface area contributed by atoms with E-state index in [0.717, 1.165) is 17.3 Å². The summed E-state index contributed by atoms with van der Waals surface area (Å²) in [6.45, 7) is 21.5. The van der Waals surface area contributed by atoms with E-state index in [0.29, 0.717) is 6.04 Å². The number of unbranched alkanes of at least 4 members (excludes halogenated alkanes) is 3. The van der Waals surface area contributed by atoms with Crippen LogP contribution in [-0.4, -0.2) is 41.2 Å². The fourth-order valence-corrected chi connectivity index (χ4v) is 6.06. The first-order valence-corrected chi connectivity index (χ1v) is 15.5. The molecule has 1 atom stereocenters. The fraction of sp³-hybridized carbons (Fsp3) is 0.636. The van der Waals surface area contributed by atoms with Crippen LogP contribution in [-0.2, 0) is 18.6 Å². The molecule has 7 heteroatoms. The maximum atomic E-state index is 6.44. The van der Waals surface area contributed by atoms with Gasteiger partial charge in [0.2, 0.25) is 0 Å². The molecule has 5 nitrogen and oxygen atoms in total.